The summed E-state index contributed by atoms with van der Waals surface area (Å²) in [4.78, 5) is 23.9. The molecule has 3 heterocycles. The van der Waals surface area contributed by atoms with Crippen molar-refractivity contribution in [3.8, 4) is 17.1 Å². The first kappa shape index (κ1) is 21.9. The Bertz CT molecular complexity index is 1260. The molecule has 0 aliphatic carbocycles. The quantitative estimate of drug-likeness (QED) is 0.368. The summed E-state index contributed by atoms with van der Waals surface area (Å²) in [6, 6.07) is 13.3. The van der Waals surface area contributed by atoms with Gasteiger partial charge in [-0.1, -0.05) is 16.8 Å². The van der Waals surface area contributed by atoms with Crippen LogP contribution in [0.2, 0.25) is 5.02 Å². The molecule has 2 aromatic heterocycles. The molecule has 170 valence electrons. The minimum Gasteiger partial charge on any atom is -0.497 e. The number of fused-ring (bicyclic) bond motifs is 1. The zero-order chi connectivity index (χ0) is 22.8. The van der Waals surface area contributed by atoms with E-state index in [0.717, 1.165) is 52.5 Å². The Hall–Kier alpha value is -2.97. The van der Waals surface area contributed by atoms with Crippen molar-refractivity contribution in [3.63, 3.8) is 0 Å². The van der Waals surface area contributed by atoms with E-state index >= 15 is 0 Å². The number of benzene rings is 2. The summed E-state index contributed by atoms with van der Waals surface area (Å²) in [5, 5.41) is 5.87. The van der Waals surface area contributed by atoms with Gasteiger partial charge >= 0.3 is 0 Å². The number of amides is 1. The molecule has 4 aromatic rings. The fraction of sp³-hybridized carbons (Fsp3) is 0.333. The molecule has 1 saturated heterocycles. The topological polar surface area (TPSA) is 81.4 Å². The maximum atomic E-state index is 12.7. The highest BCUT2D eigenvalue weighted by atomic mass is 35.5. The highest BCUT2D eigenvalue weighted by Crippen LogP contribution is 2.34. The first-order valence-corrected chi connectivity index (χ1v) is 12.1. The van der Waals surface area contributed by atoms with Crippen LogP contribution in [-0.4, -0.2) is 46.1 Å². The molecule has 1 aliphatic rings. The molecule has 0 unspecified atom stereocenters. The van der Waals surface area contributed by atoms with Gasteiger partial charge in [-0.05, 0) is 55.3 Å². The molecule has 7 nitrogen and oxygen atoms in total. The molecule has 9 heteroatoms. The molecule has 5 rings (SSSR count). The van der Waals surface area contributed by atoms with E-state index in [4.69, 9.17) is 25.8 Å². The number of hydrogen-bond donors (Lipinski definition) is 0. The number of thiazole rings is 1. The van der Waals surface area contributed by atoms with Crippen LogP contribution in [-0.2, 0) is 11.2 Å². The lowest BCUT2D eigenvalue weighted by atomic mass is 9.97. The van der Waals surface area contributed by atoms with Crippen molar-refractivity contribution in [3.05, 3.63) is 58.4 Å². The SMILES string of the molecule is COc1ccc(-c2noc(CCC(=O)N3CCC(c4nc5cc(Cl)ccc5s4)CC3)n2)cc1. The van der Waals surface area contributed by atoms with Gasteiger partial charge in [-0.3, -0.25) is 4.79 Å². The number of carbonyl (C=O) groups is 1. The van der Waals surface area contributed by atoms with E-state index in [1.54, 1.807) is 18.4 Å². The standard InChI is InChI=1S/C24H23ClN4O3S/c1-31-18-5-2-15(3-6-18)23-27-21(32-28-23)8-9-22(30)29-12-10-16(11-13-29)24-26-19-14-17(25)4-7-20(19)33-24/h2-7,14,16H,8-13H2,1H3. The fourth-order valence-corrected chi connectivity index (χ4v) is 5.34. The summed E-state index contributed by atoms with van der Waals surface area (Å²) >= 11 is 7.81. The third-order valence-corrected chi connectivity index (χ3v) is 7.37. The average Bonchev–Trinajstić information content (AvgIpc) is 3.49. The predicted octanol–water partition coefficient (Wildman–Crippen LogP) is 5.35. The van der Waals surface area contributed by atoms with E-state index in [0.29, 0.717) is 35.5 Å². The van der Waals surface area contributed by atoms with Gasteiger partial charge in [0.05, 0.1) is 22.3 Å². The van der Waals surface area contributed by atoms with Gasteiger partial charge < -0.3 is 14.2 Å². The third kappa shape index (κ3) is 4.86. The van der Waals surface area contributed by atoms with E-state index in [9.17, 15) is 4.79 Å². The van der Waals surface area contributed by atoms with Gasteiger partial charge in [0.1, 0.15) is 5.75 Å². The molecule has 0 atom stereocenters. The molecule has 0 bridgehead atoms. The number of hydrogen-bond acceptors (Lipinski definition) is 7. The van der Waals surface area contributed by atoms with E-state index < -0.39 is 0 Å². The number of rotatable bonds is 6. The van der Waals surface area contributed by atoms with Gasteiger partial charge in [-0.2, -0.15) is 4.98 Å². The van der Waals surface area contributed by atoms with Gasteiger partial charge in [0, 0.05) is 42.4 Å². The fourth-order valence-electron chi connectivity index (χ4n) is 4.05. The lowest BCUT2D eigenvalue weighted by Crippen LogP contribution is -2.38. The molecule has 1 fully saturated rings. The van der Waals surface area contributed by atoms with Gasteiger partial charge in [0.25, 0.3) is 0 Å². The molecule has 0 N–H and O–H groups in total. The van der Waals surface area contributed by atoms with E-state index in [2.05, 4.69) is 10.1 Å². The van der Waals surface area contributed by atoms with Crippen LogP contribution in [0.15, 0.2) is 47.0 Å². The van der Waals surface area contributed by atoms with Crippen LogP contribution in [0.5, 0.6) is 5.75 Å². The van der Waals surface area contributed by atoms with Crippen molar-refractivity contribution >= 4 is 39.1 Å². The first-order chi connectivity index (χ1) is 16.1. The van der Waals surface area contributed by atoms with Crippen LogP contribution in [0.1, 0.15) is 36.1 Å². The number of nitrogens with zero attached hydrogens (tertiary/aromatic N) is 4. The highest BCUT2D eigenvalue weighted by molar-refractivity contribution is 7.18. The summed E-state index contributed by atoms with van der Waals surface area (Å²) in [6.45, 7) is 1.47. The minimum absolute atomic E-state index is 0.119. The predicted molar refractivity (Wildman–Crippen MR) is 128 cm³/mol. The second-order valence-corrected chi connectivity index (χ2v) is 9.56. The largest absolute Gasteiger partial charge is 0.497 e. The van der Waals surface area contributed by atoms with Crippen molar-refractivity contribution in [1.29, 1.82) is 0 Å². The molecule has 0 radical (unpaired) electrons. The number of halogens is 1. The molecule has 2 aromatic carbocycles. The van der Waals surface area contributed by atoms with Crippen molar-refractivity contribution in [2.45, 2.75) is 31.6 Å². The van der Waals surface area contributed by atoms with Gasteiger partial charge in [0.15, 0.2) is 0 Å². The lowest BCUT2D eigenvalue weighted by Gasteiger charge is -2.31. The van der Waals surface area contributed by atoms with Crippen LogP contribution in [0.25, 0.3) is 21.6 Å². The van der Waals surface area contributed by atoms with Gasteiger partial charge in [-0.25, -0.2) is 4.98 Å². The molecule has 0 saturated carbocycles. The maximum absolute atomic E-state index is 12.7. The summed E-state index contributed by atoms with van der Waals surface area (Å²) < 4.78 is 11.7. The maximum Gasteiger partial charge on any atom is 0.227 e. The highest BCUT2D eigenvalue weighted by Gasteiger charge is 2.26. The number of piperidine rings is 1. The second-order valence-electron chi connectivity index (χ2n) is 8.06. The molecule has 0 spiro atoms. The summed E-state index contributed by atoms with van der Waals surface area (Å²) in [7, 11) is 1.62. The Morgan fingerprint density at radius 3 is 2.73 bits per heavy atom. The van der Waals surface area contributed by atoms with E-state index in [-0.39, 0.29) is 5.91 Å². The number of methoxy groups -OCH3 is 1. The van der Waals surface area contributed by atoms with Crippen LogP contribution in [0.4, 0.5) is 0 Å². The number of aromatic nitrogens is 3. The van der Waals surface area contributed by atoms with Crippen LogP contribution >= 0.6 is 22.9 Å². The zero-order valence-electron chi connectivity index (χ0n) is 18.2. The molecule has 1 aliphatic heterocycles. The van der Waals surface area contributed by atoms with Crippen molar-refractivity contribution in [2.24, 2.45) is 0 Å². The number of likely N-dealkylation sites (tertiary alicyclic amines) is 1. The van der Waals surface area contributed by atoms with Crippen LogP contribution in [0.3, 0.4) is 0 Å². The Morgan fingerprint density at radius 2 is 1.97 bits per heavy atom. The van der Waals surface area contributed by atoms with E-state index in [1.165, 1.54) is 0 Å². The smallest absolute Gasteiger partial charge is 0.227 e. The molecule has 1 amide bonds. The summed E-state index contributed by atoms with van der Waals surface area (Å²) in [6.07, 6.45) is 2.62. The summed E-state index contributed by atoms with van der Waals surface area (Å²) in [5.74, 6) is 2.25. The Morgan fingerprint density at radius 1 is 1.18 bits per heavy atom. The number of aryl methyl sites for hydroxylation is 1. The van der Waals surface area contributed by atoms with Crippen molar-refractivity contribution in [1.82, 2.24) is 20.0 Å². The van der Waals surface area contributed by atoms with Crippen molar-refractivity contribution < 1.29 is 14.1 Å². The average molecular weight is 483 g/mol. The van der Waals surface area contributed by atoms with Gasteiger partial charge in [-0.15, -0.1) is 11.3 Å². The van der Waals surface area contributed by atoms with Crippen LogP contribution in [0, 0.1) is 0 Å². The zero-order valence-corrected chi connectivity index (χ0v) is 19.7. The molecular weight excluding hydrogens is 460 g/mol. The molecule has 33 heavy (non-hydrogen) atoms. The van der Waals surface area contributed by atoms with Crippen LogP contribution < -0.4 is 4.74 Å². The second kappa shape index (κ2) is 9.49. The monoisotopic (exact) mass is 482 g/mol. The molecular formula is C24H23ClN4O3S. The Labute approximate surface area is 200 Å². The third-order valence-electron chi connectivity index (χ3n) is 5.93. The summed E-state index contributed by atoms with van der Waals surface area (Å²) in [5.41, 5.74) is 1.80. The Balaban J connectivity index is 1.13. The minimum atomic E-state index is 0.119. The van der Waals surface area contributed by atoms with Crippen molar-refractivity contribution in [2.75, 3.05) is 20.2 Å². The lowest BCUT2D eigenvalue weighted by molar-refractivity contribution is -0.132. The Kier molecular flexibility index (Phi) is 6.28. The number of ether oxygens (including phenoxy) is 1. The van der Waals surface area contributed by atoms with Gasteiger partial charge in [0.2, 0.25) is 17.6 Å². The first-order valence-electron chi connectivity index (χ1n) is 10.9. The van der Waals surface area contributed by atoms with E-state index in [1.807, 2.05) is 47.4 Å². The normalized spacial score (nSPS) is 14.7. The number of carbonyl (C=O) groups excluding carboxylic acids is 1.